The number of carbonyl (C=O) groups is 2. The van der Waals surface area contributed by atoms with Crippen molar-refractivity contribution < 1.29 is 23.1 Å². The van der Waals surface area contributed by atoms with Crippen LogP contribution in [0.4, 0.5) is 8.78 Å². The Morgan fingerprint density at radius 2 is 2.12 bits per heavy atom. The lowest BCUT2D eigenvalue weighted by Crippen LogP contribution is -2.46. The highest BCUT2D eigenvalue weighted by molar-refractivity contribution is 5.96. The SMILES string of the molecule is O=C(N[C@H]1CCN(C2CCOCC2)C1=O)c1ccnn1CC(F)F. The largest absolute Gasteiger partial charge is 0.381 e. The Morgan fingerprint density at radius 3 is 2.83 bits per heavy atom. The van der Waals surface area contributed by atoms with Crippen LogP contribution in [0.1, 0.15) is 29.8 Å². The summed E-state index contributed by atoms with van der Waals surface area (Å²) >= 11 is 0. The summed E-state index contributed by atoms with van der Waals surface area (Å²) in [5.41, 5.74) is 0.0348. The first-order valence-corrected chi connectivity index (χ1v) is 8.05. The molecule has 24 heavy (non-hydrogen) atoms. The van der Waals surface area contributed by atoms with Gasteiger partial charge in [0.1, 0.15) is 18.3 Å². The number of amides is 2. The first kappa shape index (κ1) is 16.8. The second-order valence-corrected chi connectivity index (χ2v) is 5.98. The van der Waals surface area contributed by atoms with Gasteiger partial charge in [-0.15, -0.1) is 0 Å². The highest BCUT2D eigenvalue weighted by Gasteiger charge is 2.37. The molecule has 0 bridgehead atoms. The van der Waals surface area contributed by atoms with E-state index in [1.807, 2.05) is 0 Å². The number of likely N-dealkylation sites (tertiary alicyclic amines) is 1. The van der Waals surface area contributed by atoms with Crippen LogP contribution in [-0.4, -0.2) is 64.8 Å². The Kier molecular flexibility index (Phi) is 5.08. The van der Waals surface area contributed by atoms with Gasteiger partial charge in [-0.1, -0.05) is 0 Å². The van der Waals surface area contributed by atoms with Crippen molar-refractivity contribution in [3.63, 3.8) is 0 Å². The van der Waals surface area contributed by atoms with Crippen molar-refractivity contribution in [3.05, 3.63) is 18.0 Å². The van der Waals surface area contributed by atoms with Gasteiger partial charge in [-0.25, -0.2) is 8.78 Å². The third kappa shape index (κ3) is 3.55. The lowest BCUT2D eigenvalue weighted by atomic mass is 10.1. The minimum atomic E-state index is -2.60. The van der Waals surface area contributed by atoms with Gasteiger partial charge in [0.15, 0.2) is 0 Å². The van der Waals surface area contributed by atoms with Crippen LogP contribution in [0.2, 0.25) is 0 Å². The van der Waals surface area contributed by atoms with E-state index in [9.17, 15) is 18.4 Å². The molecule has 2 aliphatic rings. The molecule has 1 aromatic heterocycles. The third-order valence-corrected chi connectivity index (χ3v) is 4.44. The number of halogens is 2. The van der Waals surface area contributed by atoms with Gasteiger partial charge in [-0.2, -0.15) is 5.10 Å². The minimum absolute atomic E-state index is 0.0348. The van der Waals surface area contributed by atoms with Crippen LogP contribution < -0.4 is 5.32 Å². The number of ether oxygens (including phenoxy) is 1. The maximum absolute atomic E-state index is 12.5. The van der Waals surface area contributed by atoms with Gasteiger partial charge in [0, 0.05) is 32.0 Å². The van der Waals surface area contributed by atoms with Crippen LogP contribution in [0.15, 0.2) is 12.3 Å². The Morgan fingerprint density at radius 1 is 1.38 bits per heavy atom. The first-order chi connectivity index (χ1) is 11.6. The van der Waals surface area contributed by atoms with E-state index in [1.165, 1.54) is 12.3 Å². The topological polar surface area (TPSA) is 76.5 Å². The smallest absolute Gasteiger partial charge is 0.270 e. The molecular weight excluding hydrogens is 322 g/mol. The van der Waals surface area contributed by atoms with E-state index in [0.717, 1.165) is 17.5 Å². The molecule has 1 atom stereocenters. The lowest BCUT2D eigenvalue weighted by molar-refractivity contribution is -0.132. The molecule has 2 amide bonds. The normalized spacial score (nSPS) is 22.4. The molecule has 2 aliphatic heterocycles. The summed E-state index contributed by atoms with van der Waals surface area (Å²) in [6, 6.07) is 0.903. The minimum Gasteiger partial charge on any atom is -0.381 e. The second kappa shape index (κ2) is 7.25. The molecule has 0 aromatic carbocycles. The number of hydrogen-bond donors (Lipinski definition) is 1. The molecule has 0 unspecified atom stereocenters. The Balaban J connectivity index is 1.61. The summed E-state index contributed by atoms with van der Waals surface area (Å²) in [6.45, 7) is 1.21. The molecule has 3 rings (SSSR count). The molecule has 0 saturated carbocycles. The van der Waals surface area contributed by atoms with Crippen LogP contribution in [0.5, 0.6) is 0 Å². The quantitative estimate of drug-likeness (QED) is 0.853. The van der Waals surface area contributed by atoms with Crippen molar-refractivity contribution in [1.29, 1.82) is 0 Å². The van der Waals surface area contributed by atoms with E-state index in [2.05, 4.69) is 10.4 Å². The standard InChI is InChI=1S/C15H20F2N4O3/c16-13(17)9-21-12(1-5-18-21)14(22)19-11-2-6-20(15(11)23)10-3-7-24-8-4-10/h1,5,10-11,13H,2-4,6-9H2,(H,19,22)/t11-/m0/s1. The summed E-state index contributed by atoms with van der Waals surface area (Å²) < 4.78 is 31.3. The number of hydrogen-bond acceptors (Lipinski definition) is 4. The molecule has 3 heterocycles. The molecule has 1 aromatic rings. The van der Waals surface area contributed by atoms with Gasteiger partial charge in [-0.05, 0) is 25.3 Å². The number of aromatic nitrogens is 2. The van der Waals surface area contributed by atoms with E-state index >= 15 is 0 Å². The van der Waals surface area contributed by atoms with Gasteiger partial charge in [0.2, 0.25) is 5.91 Å². The van der Waals surface area contributed by atoms with E-state index < -0.39 is 24.9 Å². The van der Waals surface area contributed by atoms with Crippen LogP contribution in [0, 0.1) is 0 Å². The summed E-state index contributed by atoms with van der Waals surface area (Å²) in [7, 11) is 0. The van der Waals surface area contributed by atoms with E-state index in [4.69, 9.17) is 4.74 Å². The van der Waals surface area contributed by atoms with Gasteiger partial charge in [0.05, 0.1) is 0 Å². The number of carbonyl (C=O) groups excluding carboxylic acids is 2. The van der Waals surface area contributed by atoms with E-state index in [1.54, 1.807) is 4.90 Å². The Labute approximate surface area is 137 Å². The van der Waals surface area contributed by atoms with Crippen LogP contribution >= 0.6 is 0 Å². The zero-order chi connectivity index (χ0) is 17.1. The van der Waals surface area contributed by atoms with Crippen molar-refractivity contribution in [2.24, 2.45) is 0 Å². The molecule has 1 N–H and O–H groups in total. The van der Waals surface area contributed by atoms with Crippen molar-refractivity contribution in [1.82, 2.24) is 20.0 Å². The zero-order valence-corrected chi connectivity index (χ0v) is 13.2. The predicted octanol–water partition coefficient (Wildman–Crippen LogP) is 0.658. The summed E-state index contributed by atoms with van der Waals surface area (Å²) in [5.74, 6) is -0.671. The summed E-state index contributed by atoms with van der Waals surface area (Å²) in [4.78, 5) is 26.6. The average molecular weight is 342 g/mol. The maximum atomic E-state index is 12.5. The molecule has 0 spiro atoms. The number of alkyl halides is 2. The van der Waals surface area contributed by atoms with Gasteiger partial charge in [-0.3, -0.25) is 14.3 Å². The number of rotatable bonds is 5. The van der Waals surface area contributed by atoms with Crippen LogP contribution in [0.3, 0.4) is 0 Å². The van der Waals surface area contributed by atoms with Crippen molar-refractivity contribution in [2.45, 2.75) is 44.3 Å². The molecular formula is C15H20F2N4O3. The number of nitrogens with one attached hydrogen (secondary N) is 1. The first-order valence-electron chi connectivity index (χ1n) is 8.05. The van der Waals surface area contributed by atoms with Gasteiger partial charge < -0.3 is 15.0 Å². The Hall–Kier alpha value is -2.03. The summed E-state index contributed by atoms with van der Waals surface area (Å²) in [5, 5.41) is 6.37. The molecule has 9 heteroatoms. The molecule has 0 radical (unpaired) electrons. The molecule has 132 valence electrons. The fourth-order valence-corrected chi connectivity index (χ4v) is 3.23. The average Bonchev–Trinajstić information content (AvgIpc) is 3.15. The van der Waals surface area contributed by atoms with Gasteiger partial charge in [0.25, 0.3) is 12.3 Å². The van der Waals surface area contributed by atoms with Crippen LogP contribution in [0.25, 0.3) is 0 Å². The highest BCUT2D eigenvalue weighted by atomic mass is 19.3. The lowest BCUT2D eigenvalue weighted by Gasteiger charge is -2.31. The molecule has 2 saturated heterocycles. The van der Waals surface area contributed by atoms with Crippen molar-refractivity contribution in [2.75, 3.05) is 19.8 Å². The Bertz CT molecular complexity index is 601. The monoisotopic (exact) mass is 342 g/mol. The van der Waals surface area contributed by atoms with Crippen molar-refractivity contribution >= 4 is 11.8 Å². The van der Waals surface area contributed by atoms with Crippen molar-refractivity contribution in [3.8, 4) is 0 Å². The van der Waals surface area contributed by atoms with Crippen LogP contribution in [-0.2, 0) is 16.1 Å². The van der Waals surface area contributed by atoms with Gasteiger partial charge >= 0.3 is 0 Å². The zero-order valence-electron chi connectivity index (χ0n) is 13.2. The highest BCUT2D eigenvalue weighted by Crippen LogP contribution is 2.21. The summed E-state index contributed by atoms with van der Waals surface area (Å²) in [6.07, 6.45) is 0.808. The fourth-order valence-electron chi connectivity index (χ4n) is 3.23. The molecule has 0 aliphatic carbocycles. The van der Waals surface area contributed by atoms with E-state index in [0.29, 0.717) is 26.2 Å². The fraction of sp³-hybridized carbons (Fsp3) is 0.667. The maximum Gasteiger partial charge on any atom is 0.270 e. The predicted molar refractivity (Wildman–Crippen MR) is 79.7 cm³/mol. The second-order valence-electron chi connectivity index (χ2n) is 5.98. The number of nitrogens with zero attached hydrogens (tertiary/aromatic N) is 3. The van der Waals surface area contributed by atoms with E-state index in [-0.39, 0.29) is 17.6 Å². The third-order valence-electron chi connectivity index (χ3n) is 4.44. The molecule has 2 fully saturated rings. The molecule has 7 nitrogen and oxygen atoms in total.